The molecule has 2 heteroatoms. The molecule has 0 unspecified atom stereocenters. The molecule has 0 radical (unpaired) electrons. The van der Waals surface area contributed by atoms with Crippen molar-refractivity contribution >= 4 is 119 Å². The van der Waals surface area contributed by atoms with Crippen LogP contribution in [-0.2, 0) is 0 Å². The lowest BCUT2D eigenvalue weighted by atomic mass is 9.81. The Kier molecular flexibility index (Phi) is 12.0. The van der Waals surface area contributed by atoms with Gasteiger partial charge >= 0.3 is 0 Å². The highest BCUT2D eigenvalue weighted by Gasteiger charge is 2.26. The number of benzene rings is 17. The van der Waals surface area contributed by atoms with Crippen molar-refractivity contribution < 1.29 is 8.83 Å². The molecule has 2 aromatic heterocycles. The first-order valence-electron chi connectivity index (χ1n) is 31.0. The molecular weight excluding hydrogens is 1090 g/mol. The zero-order valence-corrected chi connectivity index (χ0v) is 49.0. The first-order valence-corrected chi connectivity index (χ1v) is 31.0. The van der Waals surface area contributed by atoms with Gasteiger partial charge in [0.15, 0.2) is 0 Å². The molecule has 0 saturated heterocycles. The molecule has 90 heavy (non-hydrogen) atoms. The van der Waals surface area contributed by atoms with Crippen molar-refractivity contribution in [3.63, 3.8) is 0 Å². The summed E-state index contributed by atoms with van der Waals surface area (Å²) in [6, 6.07) is 118. The van der Waals surface area contributed by atoms with Crippen LogP contribution in [0.5, 0.6) is 0 Å². The van der Waals surface area contributed by atoms with E-state index in [9.17, 15) is 0 Å². The fourth-order valence-corrected chi connectivity index (χ4v) is 14.9. The third kappa shape index (κ3) is 8.12. The Morgan fingerprint density at radius 2 is 0.478 bits per heavy atom. The molecule has 0 N–H and O–H groups in total. The lowest BCUT2D eigenvalue weighted by molar-refractivity contribution is 0.669. The molecule has 0 fully saturated rings. The summed E-state index contributed by atoms with van der Waals surface area (Å²) in [5.74, 6) is 0. The molecule has 17 aromatic carbocycles. The summed E-state index contributed by atoms with van der Waals surface area (Å²) < 4.78 is 13.0. The number of fused-ring (bicyclic) bond motifs is 13. The van der Waals surface area contributed by atoms with Gasteiger partial charge in [-0.05, 0) is 155 Å². The molecule has 418 valence electrons. The third-order valence-corrected chi connectivity index (χ3v) is 18.7. The largest absolute Gasteiger partial charge is 0.456 e. The SMILES string of the molecule is c1ccc(-c2c3ccccc3c(-c3c4ccccc4cc4oc5ccccc5c34)c3ccccc23)c(-c2cccc3ccccc23)c1.c1ccc(-c2ccc(-c3c4ccccc4c(-c4c5ccccc5cc5oc6ccccc6c45)c4ccccc34)cc2)cc1. The van der Waals surface area contributed by atoms with E-state index in [0.717, 1.165) is 33.1 Å². The standard InChI is InChI=1S/C46H28O.C42H26O/c1-3-17-31-29(14-1)16-13-26-33(31)34-19-5-6-20-35(34)43-36-21-7-9-23-38(36)44(39-24-10-8-22-37(39)43)46-32-18-4-2-15-30(32)28-42-45(46)40-25-11-12-27-41(40)47-42;1-2-12-27(13-3-1)28-22-24-29(25-23-28)39-32-16-6-8-18-34(32)40(35-19-9-7-17-33(35)39)42-31-15-5-4-14-30(31)26-38-41(42)36-20-10-11-21-37(36)43-38/h1-28H;1-26H. The Hall–Kier alpha value is -11.8. The summed E-state index contributed by atoms with van der Waals surface area (Å²) in [5.41, 5.74) is 18.5. The van der Waals surface area contributed by atoms with Gasteiger partial charge in [-0.3, -0.25) is 0 Å². The molecule has 0 amide bonds. The van der Waals surface area contributed by atoms with Crippen molar-refractivity contribution in [1.29, 1.82) is 0 Å². The Bertz CT molecular complexity index is 5960. The lowest BCUT2D eigenvalue weighted by Crippen LogP contribution is -1.94. The Morgan fingerprint density at radius 3 is 0.967 bits per heavy atom. The Labute approximate surface area is 519 Å². The predicted molar refractivity (Wildman–Crippen MR) is 383 cm³/mol. The van der Waals surface area contributed by atoms with E-state index in [4.69, 9.17) is 8.83 Å². The van der Waals surface area contributed by atoms with E-state index in [0.29, 0.717) is 0 Å². The molecule has 0 bridgehead atoms. The molecule has 19 rings (SSSR count). The number of hydrogen-bond donors (Lipinski definition) is 0. The van der Waals surface area contributed by atoms with Crippen molar-refractivity contribution in [3.05, 3.63) is 328 Å². The van der Waals surface area contributed by atoms with Crippen LogP contribution >= 0.6 is 0 Å². The number of rotatable bonds is 6. The maximum absolute atomic E-state index is 6.54. The lowest BCUT2D eigenvalue weighted by Gasteiger charge is -2.21. The highest BCUT2D eigenvalue weighted by atomic mass is 16.3. The first-order chi connectivity index (χ1) is 44.7. The van der Waals surface area contributed by atoms with Gasteiger partial charge in [-0.25, -0.2) is 0 Å². The summed E-state index contributed by atoms with van der Waals surface area (Å²) >= 11 is 0. The maximum Gasteiger partial charge on any atom is 0.136 e. The van der Waals surface area contributed by atoms with Crippen LogP contribution in [0, 0.1) is 0 Å². The molecule has 0 aliphatic carbocycles. The molecule has 19 aromatic rings. The average molecular weight is 1140 g/mol. The van der Waals surface area contributed by atoms with Crippen LogP contribution in [-0.4, -0.2) is 0 Å². The van der Waals surface area contributed by atoms with Gasteiger partial charge in [-0.2, -0.15) is 0 Å². The highest BCUT2D eigenvalue weighted by molar-refractivity contribution is 6.32. The van der Waals surface area contributed by atoms with Crippen LogP contribution in [0.2, 0.25) is 0 Å². The average Bonchev–Trinajstić information content (AvgIpc) is 1.31. The molecule has 0 atom stereocenters. The van der Waals surface area contributed by atoms with Gasteiger partial charge in [-0.15, -0.1) is 0 Å². The Balaban J connectivity index is 0.000000134. The van der Waals surface area contributed by atoms with E-state index < -0.39 is 0 Å². The van der Waals surface area contributed by atoms with Crippen LogP contribution in [0.4, 0.5) is 0 Å². The van der Waals surface area contributed by atoms with Gasteiger partial charge in [0.1, 0.15) is 22.3 Å². The molecule has 0 aliphatic rings. The molecule has 0 spiro atoms. The van der Waals surface area contributed by atoms with E-state index in [1.165, 1.54) is 153 Å². The van der Waals surface area contributed by atoms with Crippen molar-refractivity contribution in [2.45, 2.75) is 0 Å². The highest BCUT2D eigenvalue weighted by Crippen LogP contribution is 2.53. The molecule has 0 aliphatic heterocycles. The summed E-state index contributed by atoms with van der Waals surface area (Å²) in [6.45, 7) is 0. The summed E-state index contributed by atoms with van der Waals surface area (Å²) in [5, 5.41) is 21.9. The van der Waals surface area contributed by atoms with Gasteiger partial charge in [0.05, 0.1) is 0 Å². The van der Waals surface area contributed by atoms with Crippen LogP contribution in [0.3, 0.4) is 0 Å². The van der Waals surface area contributed by atoms with Crippen LogP contribution in [0.25, 0.3) is 186 Å². The van der Waals surface area contributed by atoms with E-state index in [1.54, 1.807) is 0 Å². The summed E-state index contributed by atoms with van der Waals surface area (Å²) in [4.78, 5) is 0. The summed E-state index contributed by atoms with van der Waals surface area (Å²) in [7, 11) is 0. The van der Waals surface area contributed by atoms with Crippen LogP contribution in [0.15, 0.2) is 336 Å². The summed E-state index contributed by atoms with van der Waals surface area (Å²) in [6.07, 6.45) is 0. The van der Waals surface area contributed by atoms with Crippen molar-refractivity contribution in [3.8, 4) is 66.8 Å². The second-order valence-electron chi connectivity index (χ2n) is 23.6. The zero-order chi connectivity index (χ0) is 59.2. The number of furan rings is 2. The smallest absolute Gasteiger partial charge is 0.136 e. The van der Waals surface area contributed by atoms with Gasteiger partial charge in [-0.1, -0.05) is 303 Å². The van der Waals surface area contributed by atoms with Gasteiger partial charge in [0.2, 0.25) is 0 Å². The Morgan fingerprint density at radius 1 is 0.156 bits per heavy atom. The molecule has 0 saturated carbocycles. The first kappa shape index (κ1) is 51.4. The fourth-order valence-electron chi connectivity index (χ4n) is 14.9. The maximum atomic E-state index is 6.54. The zero-order valence-electron chi connectivity index (χ0n) is 49.0. The second kappa shape index (κ2) is 21.0. The second-order valence-corrected chi connectivity index (χ2v) is 23.6. The molecule has 2 heterocycles. The van der Waals surface area contributed by atoms with Crippen LogP contribution < -0.4 is 0 Å². The molecule has 2 nitrogen and oxygen atoms in total. The van der Waals surface area contributed by atoms with Crippen molar-refractivity contribution in [2.75, 3.05) is 0 Å². The minimum absolute atomic E-state index is 0.910. The third-order valence-electron chi connectivity index (χ3n) is 18.7. The number of para-hydroxylation sites is 2. The minimum atomic E-state index is 0.910. The van der Waals surface area contributed by atoms with Crippen LogP contribution in [0.1, 0.15) is 0 Å². The minimum Gasteiger partial charge on any atom is -0.456 e. The van der Waals surface area contributed by atoms with E-state index >= 15 is 0 Å². The predicted octanol–water partition coefficient (Wildman–Crippen LogP) is 25.2. The number of hydrogen-bond acceptors (Lipinski definition) is 2. The van der Waals surface area contributed by atoms with Gasteiger partial charge in [0.25, 0.3) is 0 Å². The monoisotopic (exact) mass is 1140 g/mol. The topological polar surface area (TPSA) is 26.3 Å². The van der Waals surface area contributed by atoms with Crippen molar-refractivity contribution in [2.24, 2.45) is 0 Å². The molecular formula is C88H54O2. The normalized spacial score (nSPS) is 11.8. The van der Waals surface area contributed by atoms with Crippen molar-refractivity contribution in [1.82, 2.24) is 0 Å². The van der Waals surface area contributed by atoms with Gasteiger partial charge in [0, 0.05) is 32.7 Å². The quantitative estimate of drug-likeness (QED) is 0.155. The van der Waals surface area contributed by atoms with E-state index in [1.807, 2.05) is 6.07 Å². The van der Waals surface area contributed by atoms with Gasteiger partial charge < -0.3 is 8.83 Å². The van der Waals surface area contributed by atoms with E-state index in [-0.39, 0.29) is 0 Å². The van der Waals surface area contributed by atoms with E-state index in [2.05, 4.69) is 322 Å². The fraction of sp³-hybridized carbons (Fsp3) is 0.